The number of carbonyl (C=O) groups excluding carboxylic acids is 2. The SMILES string of the molecule is O=C(Nc1ccccc1)N[C@@H](C(=O)[O-])c1ccccc1. The maximum atomic E-state index is 11.8. The first-order chi connectivity index (χ1) is 9.66. The van der Waals surface area contributed by atoms with Gasteiger partial charge >= 0.3 is 6.03 Å². The lowest BCUT2D eigenvalue weighted by Crippen LogP contribution is -2.43. The third-order valence-electron chi connectivity index (χ3n) is 2.68. The summed E-state index contributed by atoms with van der Waals surface area (Å²) in [6.07, 6.45) is 0. The zero-order valence-corrected chi connectivity index (χ0v) is 10.6. The van der Waals surface area contributed by atoms with Crippen molar-refractivity contribution in [1.82, 2.24) is 5.32 Å². The maximum Gasteiger partial charge on any atom is 0.320 e. The van der Waals surface area contributed by atoms with Crippen molar-refractivity contribution in [3.63, 3.8) is 0 Å². The second-order valence-corrected chi connectivity index (χ2v) is 4.13. The Morgan fingerprint density at radius 1 is 0.900 bits per heavy atom. The molecule has 0 unspecified atom stereocenters. The highest BCUT2D eigenvalue weighted by atomic mass is 16.4. The summed E-state index contributed by atoms with van der Waals surface area (Å²) in [5.41, 5.74) is 1.03. The Balaban J connectivity index is 2.06. The summed E-state index contributed by atoms with van der Waals surface area (Å²) in [4.78, 5) is 22.9. The van der Waals surface area contributed by atoms with Gasteiger partial charge in [0, 0.05) is 5.69 Å². The molecule has 2 rings (SSSR count). The van der Waals surface area contributed by atoms with Gasteiger partial charge in [0.2, 0.25) is 0 Å². The average molecular weight is 269 g/mol. The van der Waals surface area contributed by atoms with Crippen molar-refractivity contribution in [2.45, 2.75) is 6.04 Å². The summed E-state index contributed by atoms with van der Waals surface area (Å²) < 4.78 is 0. The van der Waals surface area contributed by atoms with Gasteiger partial charge < -0.3 is 20.5 Å². The van der Waals surface area contributed by atoms with Crippen LogP contribution >= 0.6 is 0 Å². The van der Waals surface area contributed by atoms with Gasteiger partial charge in [0.15, 0.2) is 0 Å². The van der Waals surface area contributed by atoms with Crippen LogP contribution in [0.5, 0.6) is 0 Å². The number of carboxylic acids is 1. The van der Waals surface area contributed by atoms with Gasteiger partial charge in [-0.3, -0.25) is 0 Å². The van der Waals surface area contributed by atoms with E-state index in [-0.39, 0.29) is 0 Å². The first-order valence-electron chi connectivity index (χ1n) is 6.05. The lowest BCUT2D eigenvalue weighted by molar-refractivity contribution is -0.308. The van der Waals surface area contributed by atoms with Gasteiger partial charge in [-0.1, -0.05) is 48.5 Å². The van der Waals surface area contributed by atoms with Crippen LogP contribution in [0.2, 0.25) is 0 Å². The average Bonchev–Trinajstić information content (AvgIpc) is 2.46. The van der Waals surface area contributed by atoms with Crippen molar-refractivity contribution in [3.05, 3.63) is 66.2 Å². The Morgan fingerprint density at radius 3 is 2.00 bits per heavy atom. The second kappa shape index (κ2) is 6.38. The molecule has 2 N–H and O–H groups in total. The molecule has 20 heavy (non-hydrogen) atoms. The third kappa shape index (κ3) is 3.58. The van der Waals surface area contributed by atoms with Gasteiger partial charge in [-0.2, -0.15) is 0 Å². The van der Waals surface area contributed by atoms with Crippen LogP contribution in [0, 0.1) is 0 Å². The molecular weight excluding hydrogens is 256 g/mol. The Kier molecular flexibility index (Phi) is 4.34. The number of anilines is 1. The van der Waals surface area contributed by atoms with Crippen molar-refractivity contribution >= 4 is 17.7 Å². The van der Waals surface area contributed by atoms with Crippen LogP contribution in [0.15, 0.2) is 60.7 Å². The molecule has 102 valence electrons. The summed E-state index contributed by atoms with van der Waals surface area (Å²) in [6.45, 7) is 0. The van der Waals surface area contributed by atoms with E-state index in [0.717, 1.165) is 0 Å². The highest BCUT2D eigenvalue weighted by Crippen LogP contribution is 2.12. The maximum absolute atomic E-state index is 11.8. The van der Waals surface area contributed by atoms with E-state index in [9.17, 15) is 14.7 Å². The van der Waals surface area contributed by atoms with E-state index < -0.39 is 18.0 Å². The predicted molar refractivity (Wildman–Crippen MR) is 72.8 cm³/mol. The minimum absolute atomic E-state index is 0.454. The Hall–Kier alpha value is -2.82. The number of hydrogen-bond donors (Lipinski definition) is 2. The Labute approximate surface area is 116 Å². The third-order valence-corrected chi connectivity index (χ3v) is 2.68. The first kappa shape index (κ1) is 13.6. The number of para-hydroxylation sites is 1. The molecular formula is C15H13N2O3-. The minimum atomic E-state index is -1.36. The number of nitrogens with one attached hydrogen (secondary N) is 2. The van der Waals surface area contributed by atoms with E-state index in [1.165, 1.54) is 0 Å². The molecule has 0 aliphatic carbocycles. The second-order valence-electron chi connectivity index (χ2n) is 4.13. The molecule has 1 atom stereocenters. The van der Waals surface area contributed by atoms with Crippen molar-refractivity contribution in [3.8, 4) is 0 Å². The van der Waals surface area contributed by atoms with Crippen molar-refractivity contribution < 1.29 is 14.7 Å². The highest BCUT2D eigenvalue weighted by molar-refractivity contribution is 5.92. The smallest absolute Gasteiger partial charge is 0.320 e. The standard InChI is InChI=1S/C15H14N2O3/c18-14(19)13(11-7-3-1-4-8-11)17-15(20)16-12-9-5-2-6-10-12/h1-10,13H,(H,18,19)(H2,16,17,20)/p-1/t13-/m1/s1. The zero-order chi connectivity index (χ0) is 14.4. The molecule has 2 aromatic carbocycles. The summed E-state index contributed by atoms with van der Waals surface area (Å²) in [6, 6.07) is 15.3. The van der Waals surface area contributed by atoms with Crippen molar-refractivity contribution in [2.24, 2.45) is 0 Å². The topological polar surface area (TPSA) is 81.3 Å². The van der Waals surface area contributed by atoms with Crippen LogP contribution in [0.4, 0.5) is 10.5 Å². The van der Waals surface area contributed by atoms with Crippen LogP contribution in [-0.2, 0) is 4.79 Å². The van der Waals surface area contributed by atoms with Crippen LogP contribution in [0.1, 0.15) is 11.6 Å². The molecule has 0 fully saturated rings. The van der Waals surface area contributed by atoms with E-state index >= 15 is 0 Å². The summed E-state index contributed by atoms with van der Waals surface area (Å²) >= 11 is 0. The predicted octanol–water partition coefficient (Wildman–Crippen LogP) is 1.30. The number of carboxylic acid groups (broad SMARTS) is 1. The number of hydrogen-bond acceptors (Lipinski definition) is 3. The molecule has 5 nitrogen and oxygen atoms in total. The lowest BCUT2D eigenvalue weighted by atomic mass is 10.1. The molecule has 2 amide bonds. The van der Waals surface area contributed by atoms with Crippen LogP contribution in [0.25, 0.3) is 0 Å². The molecule has 0 spiro atoms. The summed E-state index contributed by atoms with van der Waals surface area (Å²) in [5.74, 6) is -1.36. The monoisotopic (exact) mass is 269 g/mol. The normalized spacial score (nSPS) is 11.4. The number of urea groups is 1. The largest absolute Gasteiger partial charge is 0.548 e. The van der Waals surface area contributed by atoms with E-state index in [1.807, 2.05) is 6.07 Å². The number of aliphatic carboxylic acids is 1. The number of rotatable bonds is 4. The van der Waals surface area contributed by atoms with Crippen molar-refractivity contribution in [1.29, 1.82) is 0 Å². The highest BCUT2D eigenvalue weighted by Gasteiger charge is 2.15. The molecule has 2 aromatic rings. The summed E-state index contributed by atoms with van der Waals surface area (Å²) in [7, 11) is 0. The van der Waals surface area contributed by atoms with Gasteiger partial charge in [-0.25, -0.2) is 4.79 Å². The molecule has 0 aliphatic rings. The number of carbonyl (C=O) groups is 2. The molecule has 0 saturated carbocycles. The van der Waals surface area contributed by atoms with E-state index in [0.29, 0.717) is 11.3 Å². The van der Waals surface area contributed by atoms with Crippen LogP contribution < -0.4 is 15.7 Å². The molecule has 0 heterocycles. The fraction of sp³-hybridized carbons (Fsp3) is 0.0667. The van der Waals surface area contributed by atoms with Crippen LogP contribution in [0.3, 0.4) is 0 Å². The molecule has 0 aliphatic heterocycles. The molecule has 0 bridgehead atoms. The van der Waals surface area contributed by atoms with Crippen LogP contribution in [-0.4, -0.2) is 12.0 Å². The Morgan fingerprint density at radius 2 is 1.45 bits per heavy atom. The Bertz CT molecular complexity index is 585. The molecule has 0 aromatic heterocycles. The molecule has 5 heteroatoms. The minimum Gasteiger partial charge on any atom is -0.548 e. The van der Waals surface area contributed by atoms with Gasteiger partial charge in [0.25, 0.3) is 0 Å². The fourth-order valence-corrected chi connectivity index (χ4v) is 1.74. The van der Waals surface area contributed by atoms with E-state index in [2.05, 4.69) is 10.6 Å². The molecule has 0 saturated heterocycles. The van der Waals surface area contributed by atoms with Gasteiger partial charge in [0.05, 0.1) is 12.0 Å². The summed E-state index contributed by atoms with van der Waals surface area (Å²) in [5, 5.41) is 16.1. The van der Waals surface area contributed by atoms with Gasteiger partial charge in [-0.05, 0) is 17.7 Å². The van der Waals surface area contributed by atoms with Gasteiger partial charge in [-0.15, -0.1) is 0 Å². The lowest BCUT2D eigenvalue weighted by Gasteiger charge is -2.20. The van der Waals surface area contributed by atoms with E-state index in [1.54, 1.807) is 54.6 Å². The van der Waals surface area contributed by atoms with Gasteiger partial charge in [0.1, 0.15) is 0 Å². The first-order valence-corrected chi connectivity index (χ1v) is 6.05. The molecule has 0 radical (unpaired) electrons. The van der Waals surface area contributed by atoms with E-state index in [4.69, 9.17) is 0 Å². The number of benzene rings is 2. The fourth-order valence-electron chi connectivity index (χ4n) is 1.74. The quantitative estimate of drug-likeness (QED) is 0.877. The number of amides is 2. The van der Waals surface area contributed by atoms with Crippen molar-refractivity contribution in [2.75, 3.05) is 5.32 Å². The zero-order valence-electron chi connectivity index (χ0n) is 10.6.